The van der Waals surface area contributed by atoms with Crippen LogP contribution >= 0.6 is 11.6 Å². The Labute approximate surface area is 153 Å². The topological polar surface area (TPSA) is 93.6 Å². The first-order valence-electron chi connectivity index (χ1n) is 7.53. The van der Waals surface area contributed by atoms with Crippen molar-refractivity contribution in [1.82, 2.24) is 4.98 Å². The van der Waals surface area contributed by atoms with E-state index in [0.29, 0.717) is 38.9 Å². The molecule has 1 aromatic heterocycles. The molecule has 2 N–H and O–H groups in total. The predicted molar refractivity (Wildman–Crippen MR) is 99.1 cm³/mol. The minimum Gasteiger partial charge on any atom is -0.493 e. The SMILES string of the molecule is COc1cc(/C=C/C(=O)Nc2ccc3oc(=O)[nH]c3c2)cc(Cl)c1OC. The van der Waals surface area contributed by atoms with Gasteiger partial charge in [0.1, 0.15) is 0 Å². The number of hydrogen-bond donors (Lipinski definition) is 2. The molecule has 0 aliphatic rings. The molecule has 3 aromatic rings. The van der Waals surface area contributed by atoms with E-state index in [2.05, 4.69) is 10.3 Å². The second-order valence-corrected chi connectivity index (χ2v) is 5.69. The molecule has 0 spiro atoms. The van der Waals surface area contributed by atoms with E-state index in [1.165, 1.54) is 20.3 Å². The van der Waals surface area contributed by atoms with Crippen molar-refractivity contribution < 1.29 is 18.7 Å². The number of hydrogen-bond acceptors (Lipinski definition) is 5. The summed E-state index contributed by atoms with van der Waals surface area (Å²) in [6.45, 7) is 0. The Kier molecular flexibility index (Phi) is 4.99. The molecule has 0 aliphatic heterocycles. The van der Waals surface area contributed by atoms with Gasteiger partial charge < -0.3 is 19.2 Å². The number of aromatic amines is 1. The number of anilines is 1. The number of carbonyl (C=O) groups is 1. The van der Waals surface area contributed by atoms with E-state index < -0.39 is 5.76 Å². The van der Waals surface area contributed by atoms with Crippen molar-refractivity contribution in [3.63, 3.8) is 0 Å². The monoisotopic (exact) mass is 374 g/mol. The first-order valence-corrected chi connectivity index (χ1v) is 7.91. The number of ether oxygens (including phenoxy) is 2. The number of amides is 1. The summed E-state index contributed by atoms with van der Waals surface area (Å²) in [5, 5.41) is 3.08. The van der Waals surface area contributed by atoms with Crippen LogP contribution in [0.25, 0.3) is 17.2 Å². The third kappa shape index (κ3) is 3.73. The van der Waals surface area contributed by atoms with Gasteiger partial charge in [0, 0.05) is 11.8 Å². The van der Waals surface area contributed by atoms with E-state index >= 15 is 0 Å². The average molecular weight is 375 g/mol. The molecule has 0 bridgehead atoms. The van der Waals surface area contributed by atoms with Gasteiger partial charge in [-0.15, -0.1) is 0 Å². The van der Waals surface area contributed by atoms with Crippen molar-refractivity contribution in [2.75, 3.05) is 19.5 Å². The fourth-order valence-corrected chi connectivity index (χ4v) is 2.72. The molecule has 0 unspecified atom stereocenters. The van der Waals surface area contributed by atoms with Crippen molar-refractivity contribution in [3.05, 3.63) is 57.5 Å². The molecular weight excluding hydrogens is 360 g/mol. The molecular formula is C18H15ClN2O5. The summed E-state index contributed by atoms with van der Waals surface area (Å²) in [6.07, 6.45) is 2.96. The van der Waals surface area contributed by atoms with Gasteiger partial charge in [-0.1, -0.05) is 11.6 Å². The number of aromatic nitrogens is 1. The van der Waals surface area contributed by atoms with Crippen LogP contribution in [0.5, 0.6) is 11.5 Å². The summed E-state index contributed by atoms with van der Waals surface area (Å²) >= 11 is 6.14. The van der Waals surface area contributed by atoms with E-state index in [1.807, 2.05) is 0 Å². The van der Waals surface area contributed by atoms with Crippen LogP contribution in [0.2, 0.25) is 5.02 Å². The highest BCUT2D eigenvalue weighted by Crippen LogP contribution is 2.36. The van der Waals surface area contributed by atoms with Gasteiger partial charge >= 0.3 is 5.76 Å². The van der Waals surface area contributed by atoms with E-state index in [-0.39, 0.29) is 5.91 Å². The zero-order chi connectivity index (χ0) is 18.7. The van der Waals surface area contributed by atoms with Gasteiger partial charge in [0.2, 0.25) is 5.91 Å². The number of H-pyrrole nitrogens is 1. The van der Waals surface area contributed by atoms with Gasteiger partial charge in [-0.25, -0.2) is 4.79 Å². The van der Waals surface area contributed by atoms with Crippen LogP contribution < -0.4 is 20.5 Å². The van der Waals surface area contributed by atoms with Gasteiger partial charge in [0.05, 0.1) is 24.8 Å². The van der Waals surface area contributed by atoms with Crippen LogP contribution in [0, 0.1) is 0 Å². The number of oxazole rings is 1. The normalized spacial score (nSPS) is 11.0. The van der Waals surface area contributed by atoms with Crippen LogP contribution in [0.3, 0.4) is 0 Å². The predicted octanol–water partition coefficient (Wildman–Crippen LogP) is 3.44. The highest BCUT2D eigenvalue weighted by Gasteiger charge is 2.10. The average Bonchev–Trinajstić information content (AvgIpc) is 2.98. The molecule has 0 saturated carbocycles. The van der Waals surface area contributed by atoms with Crippen molar-refractivity contribution >= 4 is 40.4 Å². The van der Waals surface area contributed by atoms with Crippen LogP contribution in [-0.4, -0.2) is 25.1 Å². The molecule has 7 nitrogen and oxygen atoms in total. The van der Waals surface area contributed by atoms with Crippen LogP contribution in [0.4, 0.5) is 5.69 Å². The molecule has 0 radical (unpaired) electrons. The Morgan fingerprint density at radius 1 is 1.23 bits per heavy atom. The zero-order valence-corrected chi connectivity index (χ0v) is 14.7. The Hall–Kier alpha value is -3.19. The Morgan fingerprint density at radius 3 is 2.77 bits per heavy atom. The van der Waals surface area contributed by atoms with Gasteiger partial charge in [-0.3, -0.25) is 9.78 Å². The Morgan fingerprint density at radius 2 is 2.04 bits per heavy atom. The summed E-state index contributed by atoms with van der Waals surface area (Å²) in [4.78, 5) is 25.8. The van der Waals surface area contributed by atoms with Crippen molar-refractivity contribution in [2.45, 2.75) is 0 Å². The molecule has 1 amide bonds. The third-order valence-electron chi connectivity index (χ3n) is 3.57. The van der Waals surface area contributed by atoms with Crippen molar-refractivity contribution in [3.8, 4) is 11.5 Å². The van der Waals surface area contributed by atoms with E-state index in [9.17, 15) is 9.59 Å². The Balaban J connectivity index is 1.76. The van der Waals surface area contributed by atoms with Gasteiger partial charge in [0.15, 0.2) is 17.1 Å². The molecule has 0 aliphatic carbocycles. The lowest BCUT2D eigenvalue weighted by Crippen LogP contribution is -2.07. The number of halogens is 1. The highest BCUT2D eigenvalue weighted by molar-refractivity contribution is 6.32. The number of methoxy groups -OCH3 is 2. The fourth-order valence-electron chi connectivity index (χ4n) is 2.42. The van der Waals surface area contributed by atoms with E-state index in [1.54, 1.807) is 36.4 Å². The smallest absolute Gasteiger partial charge is 0.417 e. The molecule has 134 valence electrons. The lowest BCUT2D eigenvalue weighted by Gasteiger charge is -2.10. The quantitative estimate of drug-likeness (QED) is 0.667. The number of fused-ring (bicyclic) bond motifs is 1. The third-order valence-corrected chi connectivity index (χ3v) is 3.85. The fraction of sp³-hybridized carbons (Fsp3) is 0.111. The summed E-state index contributed by atoms with van der Waals surface area (Å²) in [5.41, 5.74) is 2.12. The van der Waals surface area contributed by atoms with E-state index in [0.717, 1.165) is 0 Å². The number of carbonyl (C=O) groups excluding carboxylic acids is 1. The van der Waals surface area contributed by atoms with Crippen molar-refractivity contribution in [1.29, 1.82) is 0 Å². The number of nitrogens with one attached hydrogen (secondary N) is 2. The summed E-state index contributed by atoms with van der Waals surface area (Å²) in [6, 6.07) is 8.21. The van der Waals surface area contributed by atoms with Crippen LogP contribution in [0.1, 0.15) is 5.56 Å². The first kappa shape index (κ1) is 17.6. The lowest BCUT2D eigenvalue weighted by molar-refractivity contribution is -0.111. The molecule has 8 heteroatoms. The molecule has 3 rings (SSSR count). The molecule has 1 heterocycles. The summed E-state index contributed by atoms with van der Waals surface area (Å²) < 4.78 is 15.3. The van der Waals surface area contributed by atoms with Crippen LogP contribution in [0.15, 0.2) is 45.6 Å². The minimum atomic E-state index is -0.547. The van der Waals surface area contributed by atoms with Crippen molar-refractivity contribution in [2.24, 2.45) is 0 Å². The summed E-state index contributed by atoms with van der Waals surface area (Å²) in [5.74, 6) is 0.00222. The van der Waals surface area contributed by atoms with Gasteiger partial charge in [-0.2, -0.15) is 0 Å². The largest absolute Gasteiger partial charge is 0.493 e. The molecule has 2 aromatic carbocycles. The minimum absolute atomic E-state index is 0.346. The molecule has 0 saturated heterocycles. The number of benzene rings is 2. The summed E-state index contributed by atoms with van der Waals surface area (Å²) in [7, 11) is 3.00. The number of rotatable bonds is 5. The van der Waals surface area contributed by atoms with Gasteiger partial charge in [0.25, 0.3) is 0 Å². The molecule has 26 heavy (non-hydrogen) atoms. The maximum Gasteiger partial charge on any atom is 0.417 e. The molecule has 0 fully saturated rings. The van der Waals surface area contributed by atoms with Gasteiger partial charge in [-0.05, 0) is 42.0 Å². The zero-order valence-electron chi connectivity index (χ0n) is 14.0. The Bertz CT molecular complexity index is 1050. The standard InChI is InChI=1S/C18H15ClN2O5/c1-24-15-8-10(7-12(19)17(15)25-2)3-6-16(22)20-11-4-5-14-13(9-11)21-18(23)26-14/h3-9H,1-2H3,(H,20,22)(H,21,23)/b6-3+. The maximum absolute atomic E-state index is 12.1. The second-order valence-electron chi connectivity index (χ2n) is 5.29. The highest BCUT2D eigenvalue weighted by atomic mass is 35.5. The van der Waals surface area contributed by atoms with Crippen LogP contribution in [-0.2, 0) is 4.79 Å². The lowest BCUT2D eigenvalue weighted by atomic mass is 10.2. The first-order chi connectivity index (χ1) is 12.5. The maximum atomic E-state index is 12.1. The molecule has 0 atom stereocenters. The second kappa shape index (κ2) is 7.37. The van der Waals surface area contributed by atoms with E-state index in [4.69, 9.17) is 25.5 Å².